The van der Waals surface area contributed by atoms with Crippen LogP contribution in [0.2, 0.25) is 0 Å². The number of carbonyl (C=O) groups is 7. The Hall–Kier alpha value is -7.29. The number of nitrogens with zero attached hydrogens (tertiary/aromatic N) is 6. The van der Waals surface area contributed by atoms with Crippen molar-refractivity contribution in [3.05, 3.63) is 56.8 Å². The second-order valence-electron chi connectivity index (χ2n) is 16.8. The lowest BCUT2D eigenvalue weighted by molar-refractivity contribution is -0.136. The van der Waals surface area contributed by atoms with Crippen LogP contribution in [0.3, 0.4) is 0 Å². The monoisotopic (exact) mass is 1060 g/mol. The van der Waals surface area contributed by atoms with Crippen molar-refractivity contribution in [3.8, 4) is 10.7 Å². The zero-order chi connectivity index (χ0) is 54.1. The molecule has 7 amide bonds. The fourth-order valence-corrected chi connectivity index (χ4v) is 8.31. The Morgan fingerprint density at radius 3 is 2.19 bits per heavy atom. The average molecular weight is 1060 g/mol. The number of thiazole rings is 2. The number of hydrogen-bond acceptors (Lipinski definition) is 21. The molecule has 0 aliphatic rings. The highest BCUT2D eigenvalue weighted by Gasteiger charge is 2.37. The standard InChI is InChI=1S/C42H63N19O10S2/c1-17-28(58-35(61-33(17)45)22(11-26(44)63)53-12-21(43)34(46)66)39(70)60-30(32(65)23-13-49-16-54-23)40(71)55-19(3)31(64)18(2)36(67)59-29(20(4)62)38(69)51-10-7-27-56-25(15-72-27)41-57-24(14-73-41)37(68)50-8-5-6-9-52-42(47)48/h13-16,18-22,29-32,53,62,64-65H,5-12,43H2,1-4H3,(H2,44,63)(H2,46,66)(H,49,54)(H,50,68)(H,51,69)(H,55,71)(H,59,67)(H,60,70)(H2,45,58,61)(H4,47,48,52)/t18-,19+,20+,21-,22-,29-,30-,31-,32-/m0/s1. The van der Waals surface area contributed by atoms with Gasteiger partial charge >= 0.3 is 0 Å². The minimum Gasteiger partial charge on any atom is -0.391 e. The summed E-state index contributed by atoms with van der Waals surface area (Å²) in [5.41, 5.74) is 33.6. The summed E-state index contributed by atoms with van der Waals surface area (Å²) in [7, 11) is 0. The molecular weight excluding hydrogens is 995 g/mol. The second-order valence-corrected chi connectivity index (χ2v) is 18.6. The van der Waals surface area contributed by atoms with E-state index in [-0.39, 0.29) is 65.7 Å². The van der Waals surface area contributed by atoms with Gasteiger partial charge in [0, 0.05) is 55.3 Å². The zero-order valence-corrected chi connectivity index (χ0v) is 42.0. The van der Waals surface area contributed by atoms with Crippen molar-refractivity contribution in [2.24, 2.45) is 39.6 Å². The number of unbranched alkanes of at least 4 members (excludes halogenated alkanes) is 1. The summed E-state index contributed by atoms with van der Waals surface area (Å²) in [6.07, 6.45) is -1.18. The van der Waals surface area contributed by atoms with Crippen molar-refractivity contribution in [2.75, 3.05) is 31.9 Å². The summed E-state index contributed by atoms with van der Waals surface area (Å²) in [6, 6.07) is -6.81. The third kappa shape index (κ3) is 17.2. The van der Waals surface area contributed by atoms with Crippen LogP contribution in [0.4, 0.5) is 5.82 Å². The summed E-state index contributed by atoms with van der Waals surface area (Å²) in [5, 5.41) is 53.3. The number of anilines is 1. The van der Waals surface area contributed by atoms with E-state index in [0.717, 1.165) is 0 Å². The van der Waals surface area contributed by atoms with Crippen molar-refractivity contribution in [2.45, 2.75) is 102 Å². The lowest BCUT2D eigenvalue weighted by atomic mass is 9.96. The summed E-state index contributed by atoms with van der Waals surface area (Å²) in [5.74, 6) is -7.41. The molecule has 22 N–H and O–H groups in total. The van der Waals surface area contributed by atoms with E-state index in [2.05, 4.69) is 66.8 Å². The third-order valence-electron chi connectivity index (χ3n) is 11.0. The maximum atomic E-state index is 13.9. The van der Waals surface area contributed by atoms with E-state index in [1.165, 1.54) is 62.9 Å². The first-order valence-corrected chi connectivity index (χ1v) is 24.4. The largest absolute Gasteiger partial charge is 0.391 e. The maximum absolute atomic E-state index is 13.9. The Labute approximate surface area is 426 Å². The Morgan fingerprint density at radius 1 is 0.822 bits per heavy atom. The van der Waals surface area contributed by atoms with Gasteiger partial charge < -0.3 is 86.6 Å². The normalized spacial score (nSPS) is 15.0. The predicted octanol–water partition coefficient (Wildman–Crippen LogP) is -4.67. The Balaban J connectivity index is 1.36. The lowest BCUT2D eigenvalue weighted by Crippen LogP contribution is -2.57. The first-order chi connectivity index (χ1) is 34.5. The number of aliphatic hydroxyl groups excluding tert-OH is 3. The van der Waals surface area contributed by atoms with E-state index in [9.17, 15) is 48.9 Å². The molecule has 0 spiro atoms. The number of nitrogen functional groups attached to an aromatic ring is 1. The molecule has 0 saturated carbocycles. The summed E-state index contributed by atoms with van der Waals surface area (Å²) in [6.45, 7) is 6.05. The van der Waals surface area contributed by atoms with Crippen LogP contribution in [0.1, 0.15) is 95.2 Å². The number of rotatable bonds is 29. The molecule has 73 heavy (non-hydrogen) atoms. The molecule has 0 aromatic carbocycles. The molecule has 4 aromatic rings. The van der Waals surface area contributed by atoms with Crippen LogP contribution in [0, 0.1) is 12.8 Å². The van der Waals surface area contributed by atoms with Crippen LogP contribution in [0.25, 0.3) is 10.7 Å². The number of nitrogens with two attached hydrogens (primary N) is 6. The Kier molecular flexibility index (Phi) is 22.0. The number of aliphatic imine (C=N–C) groups is 1. The van der Waals surface area contributed by atoms with Crippen LogP contribution >= 0.6 is 22.7 Å². The molecule has 4 rings (SSSR count). The number of guanidine groups is 1. The van der Waals surface area contributed by atoms with Crippen LogP contribution in [0.15, 0.2) is 28.3 Å². The molecule has 31 heteroatoms. The van der Waals surface area contributed by atoms with Gasteiger partial charge in [0.25, 0.3) is 11.8 Å². The number of amides is 7. The number of nitrogens with one attached hydrogen (secondary N) is 7. The van der Waals surface area contributed by atoms with E-state index in [0.29, 0.717) is 41.6 Å². The maximum Gasteiger partial charge on any atom is 0.271 e. The smallest absolute Gasteiger partial charge is 0.271 e. The summed E-state index contributed by atoms with van der Waals surface area (Å²) in [4.78, 5) is 118. The Bertz CT molecular complexity index is 2570. The van der Waals surface area contributed by atoms with E-state index in [1.54, 1.807) is 10.8 Å². The number of aromatic nitrogens is 6. The predicted molar refractivity (Wildman–Crippen MR) is 266 cm³/mol. The minimum atomic E-state index is -1.82. The van der Waals surface area contributed by atoms with Gasteiger partial charge in [-0.05, 0) is 33.6 Å². The van der Waals surface area contributed by atoms with Crippen molar-refractivity contribution in [1.82, 2.24) is 61.8 Å². The molecular formula is C42H63N19O10S2. The molecule has 398 valence electrons. The molecule has 0 radical (unpaired) electrons. The van der Waals surface area contributed by atoms with Gasteiger partial charge in [0.15, 0.2) is 5.96 Å². The number of aliphatic hydroxyl groups is 3. The van der Waals surface area contributed by atoms with Crippen LogP contribution < -0.4 is 66.3 Å². The van der Waals surface area contributed by atoms with Crippen molar-refractivity contribution >= 4 is 75.8 Å². The molecule has 0 aliphatic heterocycles. The van der Waals surface area contributed by atoms with Gasteiger partial charge in [0.2, 0.25) is 29.5 Å². The molecule has 0 unspecified atom stereocenters. The molecule has 0 bridgehead atoms. The molecule has 0 aliphatic carbocycles. The van der Waals surface area contributed by atoms with E-state index < -0.39 is 96.3 Å². The van der Waals surface area contributed by atoms with Gasteiger partial charge in [-0.2, -0.15) is 0 Å². The number of imidazole rings is 1. The number of aromatic amines is 1. The quantitative estimate of drug-likeness (QED) is 0.0138. The van der Waals surface area contributed by atoms with Crippen molar-refractivity contribution in [3.63, 3.8) is 0 Å². The van der Waals surface area contributed by atoms with Crippen LogP contribution in [-0.2, 0) is 30.4 Å². The minimum absolute atomic E-state index is 0.00560. The van der Waals surface area contributed by atoms with E-state index in [1.807, 2.05) is 0 Å². The van der Waals surface area contributed by atoms with E-state index in [4.69, 9.17) is 34.4 Å². The van der Waals surface area contributed by atoms with Gasteiger partial charge in [-0.25, -0.2) is 24.9 Å². The van der Waals surface area contributed by atoms with Gasteiger partial charge in [0.1, 0.15) is 51.9 Å². The van der Waals surface area contributed by atoms with Gasteiger partial charge in [-0.15, -0.1) is 22.7 Å². The van der Waals surface area contributed by atoms with Gasteiger partial charge in [0.05, 0.1) is 59.5 Å². The van der Waals surface area contributed by atoms with Gasteiger partial charge in [-0.3, -0.25) is 38.6 Å². The molecule has 4 heterocycles. The number of carbonyl (C=O) groups excluding carboxylic acids is 7. The number of H-pyrrole nitrogens is 1. The van der Waals surface area contributed by atoms with Gasteiger partial charge in [-0.1, -0.05) is 6.92 Å². The lowest BCUT2D eigenvalue weighted by Gasteiger charge is -2.30. The molecule has 29 nitrogen and oxygen atoms in total. The zero-order valence-electron chi connectivity index (χ0n) is 40.3. The average Bonchev–Trinajstić information content (AvgIpc) is 4.16. The topological polar surface area (TPSA) is 501 Å². The van der Waals surface area contributed by atoms with Crippen LogP contribution in [-0.4, -0.2) is 155 Å². The fourth-order valence-electron chi connectivity index (χ4n) is 6.70. The fraction of sp³-hybridized carbons (Fsp3) is 0.500. The van der Waals surface area contributed by atoms with E-state index >= 15 is 0 Å². The highest BCUT2D eigenvalue weighted by molar-refractivity contribution is 7.14. The Morgan fingerprint density at radius 2 is 1.55 bits per heavy atom. The van der Waals surface area contributed by atoms with Crippen molar-refractivity contribution in [1.29, 1.82) is 0 Å². The highest BCUT2D eigenvalue weighted by atomic mass is 32.1. The highest BCUT2D eigenvalue weighted by Crippen LogP contribution is 2.26. The summed E-state index contributed by atoms with van der Waals surface area (Å²) < 4.78 is 0. The number of primary amides is 2. The first kappa shape index (κ1) is 58.3. The third-order valence-corrected chi connectivity index (χ3v) is 12.8. The van der Waals surface area contributed by atoms with Crippen molar-refractivity contribution < 1.29 is 48.9 Å². The molecule has 9 atom stereocenters. The molecule has 0 saturated heterocycles. The number of hydrogen-bond donors (Lipinski definition) is 16. The molecule has 4 aromatic heterocycles. The first-order valence-electron chi connectivity index (χ1n) is 22.6. The second kappa shape index (κ2) is 27.5. The summed E-state index contributed by atoms with van der Waals surface area (Å²) >= 11 is 2.55. The SMILES string of the molecule is Cc1c(N)nc([C@H](CC(N)=O)NC[C@H](N)C(N)=O)nc1C(=O)N[C@H](C(=O)N[C@H](C)[C@@H](O)[C@H](C)C(=O)N[C@H](C(=O)NCCc1nc(-c2nc(C(=O)NCCCCN=C(N)N)cs2)cs1)[C@@H](C)O)[C@@H](O)c1cnc[nH]1. The van der Waals surface area contributed by atoms with Crippen LogP contribution in [0.5, 0.6) is 0 Å². The molecule has 0 fully saturated rings.